The Labute approximate surface area is 148 Å². The highest BCUT2D eigenvalue weighted by Gasteiger charge is 2.13. The number of anilines is 1. The van der Waals surface area contributed by atoms with E-state index in [2.05, 4.69) is 20.8 Å². The fourth-order valence-corrected chi connectivity index (χ4v) is 2.13. The number of aromatic nitrogens is 1. The molecule has 1 heterocycles. The van der Waals surface area contributed by atoms with Gasteiger partial charge in [-0.15, -0.1) is 0 Å². The van der Waals surface area contributed by atoms with Crippen LogP contribution in [0.3, 0.4) is 0 Å². The number of hydrazone groups is 1. The molecule has 0 aliphatic heterocycles. The van der Waals surface area contributed by atoms with E-state index >= 15 is 0 Å². The van der Waals surface area contributed by atoms with Gasteiger partial charge >= 0.3 is 0 Å². The first-order valence-electron chi connectivity index (χ1n) is 7.05. The van der Waals surface area contributed by atoms with Crippen LogP contribution in [0.5, 0.6) is 5.75 Å². The number of nitro benzene ring substituents is 1. The predicted molar refractivity (Wildman–Crippen MR) is 96.6 cm³/mol. The van der Waals surface area contributed by atoms with Gasteiger partial charge in [0.05, 0.1) is 23.4 Å². The highest BCUT2D eigenvalue weighted by Crippen LogP contribution is 2.23. The summed E-state index contributed by atoms with van der Waals surface area (Å²) in [5.41, 5.74) is 3.68. The standard InChI is InChI=1S/C15H15N5O4S/c1-9-14(22)11(10(8-21)6-16-9)7-17-19-15(25)18-12-4-2-3-5-13(12)20(23)24/h2-7,21-22H,8H2,1H3,(H2,18,19,25)/b17-7+. The number of aliphatic hydroxyl groups is 1. The molecule has 0 spiro atoms. The van der Waals surface area contributed by atoms with Crippen molar-refractivity contribution >= 4 is 34.9 Å². The van der Waals surface area contributed by atoms with Crippen LogP contribution in [0, 0.1) is 17.0 Å². The number of nitrogens with zero attached hydrogens (tertiary/aromatic N) is 3. The summed E-state index contributed by atoms with van der Waals surface area (Å²) in [4.78, 5) is 14.4. The first-order chi connectivity index (χ1) is 11.9. The van der Waals surface area contributed by atoms with Crippen molar-refractivity contribution in [2.75, 3.05) is 5.32 Å². The van der Waals surface area contributed by atoms with Crippen molar-refractivity contribution in [3.63, 3.8) is 0 Å². The molecule has 0 bridgehead atoms. The summed E-state index contributed by atoms with van der Waals surface area (Å²) >= 11 is 5.03. The molecule has 25 heavy (non-hydrogen) atoms. The lowest BCUT2D eigenvalue weighted by molar-refractivity contribution is -0.383. The molecular formula is C15H15N5O4S. The van der Waals surface area contributed by atoms with Crippen LogP contribution in [0.2, 0.25) is 0 Å². The second-order valence-electron chi connectivity index (χ2n) is 4.89. The van der Waals surface area contributed by atoms with Gasteiger partial charge in [-0.25, -0.2) is 0 Å². The third-order valence-electron chi connectivity index (χ3n) is 3.24. The lowest BCUT2D eigenvalue weighted by Crippen LogP contribution is -2.24. The Hall–Kier alpha value is -3.11. The van der Waals surface area contributed by atoms with Crippen LogP contribution in [0.1, 0.15) is 16.8 Å². The van der Waals surface area contributed by atoms with Gasteiger partial charge in [0.1, 0.15) is 11.4 Å². The van der Waals surface area contributed by atoms with Gasteiger partial charge < -0.3 is 15.5 Å². The first kappa shape index (κ1) is 18.2. The number of rotatable bonds is 5. The normalized spacial score (nSPS) is 10.6. The van der Waals surface area contributed by atoms with E-state index in [0.29, 0.717) is 16.8 Å². The van der Waals surface area contributed by atoms with Gasteiger partial charge in [-0.2, -0.15) is 5.10 Å². The van der Waals surface area contributed by atoms with Gasteiger partial charge in [-0.05, 0) is 25.2 Å². The summed E-state index contributed by atoms with van der Waals surface area (Å²) in [5, 5.41) is 36.8. The first-order valence-corrected chi connectivity index (χ1v) is 7.46. The van der Waals surface area contributed by atoms with Crippen molar-refractivity contribution in [2.45, 2.75) is 13.5 Å². The Balaban J connectivity index is 2.10. The zero-order valence-corrected chi connectivity index (χ0v) is 13.9. The number of hydrogen-bond acceptors (Lipinski definition) is 7. The summed E-state index contributed by atoms with van der Waals surface area (Å²) in [5.74, 6) is -0.102. The van der Waals surface area contributed by atoms with Crippen molar-refractivity contribution < 1.29 is 15.1 Å². The third kappa shape index (κ3) is 4.46. The smallest absolute Gasteiger partial charge is 0.292 e. The van der Waals surface area contributed by atoms with E-state index in [1.54, 1.807) is 19.1 Å². The minimum atomic E-state index is -0.528. The summed E-state index contributed by atoms with van der Waals surface area (Å²) in [6.45, 7) is 1.29. The van der Waals surface area contributed by atoms with E-state index in [0.717, 1.165) is 0 Å². The van der Waals surface area contributed by atoms with Gasteiger partial charge in [0.15, 0.2) is 5.11 Å². The largest absolute Gasteiger partial charge is 0.505 e. The molecule has 130 valence electrons. The van der Waals surface area contributed by atoms with Gasteiger partial charge in [-0.3, -0.25) is 20.5 Å². The Kier molecular flexibility index (Phi) is 5.93. The molecule has 4 N–H and O–H groups in total. The van der Waals surface area contributed by atoms with E-state index in [4.69, 9.17) is 12.2 Å². The van der Waals surface area contributed by atoms with E-state index < -0.39 is 4.92 Å². The van der Waals surface area contributed by atoms with Crippen LogP contribution in [-0.4, -0.2) is 31.4 Å². The molecule has 0 amide bonds. The average molecular weight is 361 g/mol. The number of aromatic hydroxyl groups is 1. The molecular weight excluding hydrogens is 346 g/mol. The van der Waals surface area contributed by atoms with Gasteiger partial charge in [-0.1, -0.05) is 12.1 Å². The van der Waals surface area contributed by atoms with Crippen LogP contribution in [-0.2, 0) is 6.61 Å². The van der Waals surface area contributed by atoms with E-state index in [1.165, 1.54) is 24.5 Å². The Bertz CT molecular complexity index is 841. The van der Waals surface area contributed by atoms with E-state index in [-0.39, 0.29) is 28.8 Å². The van der Waals surface area contributed by atoms with Crippen LogP contribution >= 0.6 is 12.2 Å². The monoisotopic (exact) mass is 361 g/mol. The third-order valence-corrected chi connectivity index (χ3v) is 3.43. The molecule has 0 fully saturated rings. The Morgan fingerprint density at radius 3 is 2.88 bits per heavy atom. The lowest BCUT2D eigenvalue weighted by Gasteiger charge is -2.09. The number of aliphatic hydroxyl groups excluding tert-OH is 1. The van der Waals surface area contributed by atoms with Crippen molar-refractivity contribution in [1.29, 1.82) is 0 Å². The maximum absolute atomic E-state index is 11.0. The van der Waals surface area contributed by atoms with Crippen molar-refractivity contribution in [1.82, 2.24) is 10.4 Å². The SMILES string of the molecule is Cc1ncc(CO)c(/C=N/NC(=S)Nc2ccccc2[N+](=O)[O-])c1O. The number of thiocarbonyl (C=S) groups is 1. The lowest BCUT2D eigenvalue weighted by atomic mass is 10.1. The summed E-state index contributed by atoms with van der Waals surface area (Å²) in [6, 6.07) is 6.03. The zero-order chi connectivity index (χ0) is 18.4. The molecule has 2 aromatic rings. The minimum absolute atomic E-state index is 0.0290. The highest BCUT2D eigenvalue weighted by molar-refractivity contribution is 7.80. The average Bonchev–Trinajstić information content (AvgIpc) is 2.59. The maximum atomic E-state index is 11.0. The maximum Gasteiger partial charge on any atom is 0.292 e. The van der Waals surface area contributed by atoms with E-state index in [9.17, 15) is 20.3 Å². The summed E-state index contributed by atoms with van der Waals surface area (Å²) in [7, 11) is 0. The summed E-state index contributed by atoms with van der Waals surface area (Å²) < 4.78 is 0. The molecule has 10 heteroatoms. The molecule has 0 atom stereocenters. The molecule has 2 rings (SSSR count). The van der Waals surface area contributed by atoms with Crippen LogP contribution in [0.4, 0.5) is 11.4 Å². The zero-order valence-electron chi connectivity index (χ0n) is 13.1. The van der Waals surface area contributed by atoms with Crippen LogP contribution < -0.4 is 10.7 Å². The van der Waals surface area contributed by atoms with Crippen molar-refractivity contribution in [3.05, 3.63) is 57.4 Å². The predicted octanol–water partition coefficient (Wildman–Crippen LogP) is 1.82. The highest BCUT2D eigenvalue weighted by atomic mass is 32.1. The van der Waals surface area contributed by atoms with Crippen molar-refractivity contribution in [3.8, 4) is 5.75 Å². The number of aryl methyl sites for hydroxylation is 1. The summed E-state index contributed by atoms with van der Waals surface area (Å²) in [6.07, 6.45) is 2.71. The van der Waals surface area contributed by atoms with Crippen molar-refractivity contribution in [2.24, 2.45) is 5.10 Å². The topological polar surface area (TPSA) is 133 Å². The second-order valence-corrected chi connectivity index (χ2v) is 5.30. The number of hydrogen-bond donors (Lipinski definition) is 4. The molecule has 0 aliphatic rings. The molecule has 9 nitrogen and oxygen atoms in total. The molecule has 0 saturated carbocycles. The number of para-hydroxylation sites is 2. The second kappa shape index (κ2) is 8.13. The number of benzene rings is 1. The number of pyridine rings is 1. The minimum Gasteiger partial charge on any atom is -0.505 e. The Morgan fingerprint density at radius 1 is 1.48 bits per heavy atom. The fraction of sp³-hybridized carbons (Fsp3) is 0.133. The van der Waals surface area contributed by atoms with Crippen LogP contribution in [0.15, 0.2) is 35.6 Å². The molecule has 0 radical (unpaired) electrons. The van der Waals surface area contributed by atoms with Gasteiger partial charge in [0, 0.05) is 23.4 Å². The van der Waals surface area contributed by atoms with E-state index in [1.807, 2.05) is 0 Å². The van der Waals surface area contributed by atoms with Gasteiger partial charge in [0.2, 0.25) is 0 Å². The molecule has 0 aliphatic carbocycles. The number of nitrogens with one attached hydrogen (secondary N) is 2. The van der Waals surface area contributed by atoms with Gasteiger partial charge in [0.25, 0.3) is 5.69 Å². The molecule has 0 unspecified atom stereocenters. The molecule has 1 aromatic heterocycles. The Morgan fingerprint density at radius 2 is 2.20 bits per heavy atom. The quantitative estimate of drug-likeness (QED) is 0.274. The molecule has 1 aromatic carbocycles. The fourth-order valence-electron chi connectivity index (χ4n) is 1.97. The number of nitro groups is 1. The van der Waals surface area contributed by atoms with Crippen LogP contribution in [0.25, 0.3) is 0 Å². The molecule has 0 saturated heterocycles.